The topological polar surface area (TPSA) is 84.4 Å². The Morgan fingerprint density at radius 1 is 1.11 bits per heavy atom. The molecule has 0 atom stereocenters. The summed E-state index contributed by atoms with van der Waals surface area (Å²) in [6.07, 6.45) is 3.20. The molecule has 4 aromatic rings. The highest BCUT2D eigenvalue weighted by atomic mass is 16.5. The van der Waals surface area contributed by atoms with Crippen LogP contribution in [0, 0.1) is 6.92 Å². The lowest BCUT2D eigenvalue weighted by atomic mass is 10.2. The Bertz CT molecular complexity index is 1150. The van der Waals surface area contributed by atoms with Gasteiger partial charge < -0.3 is 14.5 Å². The van der Waals surface area contributed by atoms with E-state index in [0.717, 1.165) is 27.5 Å². The number of fused-ring (bicyclic) bond motifs is 3. The minimum absolute atomic E-state index is 0.604. The largest absolute Gasteiger partial charge is 0.493 e. The van der Waals surface area contributed by atoms with E-state index in [2.05, 4.69) is 50.6 Å². The van der Waals surface area contributed by atoms with Gasteiger partial charge in [-0.3, -0.25) is 5.43 Å². The summed E-state index contributed by atoms with van der Waals surface area (Å²) in [6, 6.07) is 11.8. The van der Waals surface area contributed by atoms with Crippen molar-refractivity contribution in [1.29, 1.82) is 0 Å². The molecular weight excluding hydrogens is 342 g/mol. The Morgan fingerprint density at radius 3 is 2.81 bits per heavy atom. The number of hydrazone groups is 1. The Morgan fingerprint density at radius 2 is 2.00 bits per heavy atom. The maximum Gasteiger partial charge on any atom is 0.174 e. The summed E-state index contributed by atoms with van der Waals surface area (Å²) < 4.78 is 10.7. The fourth-order valence-electron chi connectivity index (χ4n) is 3.07. The highest BCUT2D eigenvalue weighted by Gasteiger charge is 2.11. The zero-order chi connectivity index (χ0) is 18.8. The number of anilines is 1. The summed E-state index contributed by atoms with van der Waals surface area (Å²) in [5, 5.41) is 5.37. The molecular formula is C20H19N5O2. The molecule has 0 aliphatic rings. The first-order chi connectivity index (χ1) is 13.2. The van der Waals surface area contributed by atoms with E-state index in [0.29, 0.717) is 17.3 Å². The Labute approximate surface area is 156 Å². The van der Waals surface area contributed by atoms with Crippen molar-refractivity contribution in [3.63, 3.8) is 0 Å². The first-order valence-corrected chi connectivity index (χ1v) is 8.44. The SMILES string of the molecule is COc1cccc(C=NNc2ncnc3c2[nH]c2cc(C)ccc23)c1OC. The van der Waals surface area contributed by atoms with E-state index in [4.69, 9.17) is 9.47 Å². The standard InChI is InChI=1S/C20H19N5O2/c1-12-7-8-14-15(9-12)24-18-17(14)21-11-22-20(18)25-23-10-13-5-4-6-16(26-2)19(13)27-3/h4-11,24H,1-3H3,(H,21,22,25). The fraction of sp³-hybridized carbons (Fsp3) is 0.150. The summed E-state index contributed by atoms with van der Waals surface area (Å²) in [4.78, 5) is 12.1. The van der Waals surface area contributed by atoms with Crippen molar-refractivity contribution in [3.05, 3.63) is 53.9 Å². The zero-order valence-electron chi connectivity index (χ0n) is 15.3. The van der Waals surface area contributed by atoms with Gasteiger partial charge in [0, 0.05) is 16.5 Å². The second-order valence-electron chi connectivity index (χ2n) is 6.07. The number of methoxy groups -OCH3 is 2. The third-order valence-electron chi connectivity index (χ3n) is 4.34. The van der Waals surface area contributed by atoms with E-state index in [9.17, 15) is 0 Å². The molecule has 0 saturated heterocycles. The quantitative estimate of drug-likeness (QED) is 0.416. The van der Waals surface area contributed by atoms with Gasteiger partial charge in [0.05, 0.1) is 20.4 Å². The smallest absolute Gasteiger partial charge is 0.174 e. The number of hydrogen-bond donors (Lipinski definition) is 2. The lowest BCUT2D eigenvalue weighted by Gasteiger charge is -2.09. The predicted octanol–water partition coefficient (Wildman–Crippen LogP) is 3.88. The normalized spacial score (nSPS) is 11.4. The minimum atomic E-state index is 0.604. The molecule has 27 heavy (non-hydrogen) atoms. The van der Waals surface area contributed by atoms with Crippen molar-refractivity contribution in [1.82, 2.24) is 15.0 Å². The molecule has 0 aliphatic heterocycles. The lowest BCUT2D eigenvalue weighted by molar-refractivity contribution is 0.354. The third kappa shape index (κ3) is 3.03. The van der Waals surface area contributed by atoms with Crippen molar-refractivity contribution in [2.24, 2.45) is 5.10 Å². The van der Waals surface area contributed by atoms with Gasteiger partial charge in [-0.25, -0.2) is 9.97 Å². The second kappa shape index (κ2) is 6.95. The maximum absolute atomic E-state index is 5.42. The molecule has 2 heterocycles. The van der Waals surface area contributed by atoms with Gasteiger partial charge in [0.15, 0.2) is 17.3 Å². The molecule has 0 radical (unpaired) electrons. The molecule has 0 saturated carbocycles. The number of nitrogens with zero attached hydrogens (tertiary/aromatic N) is 3. The van der Waals surface area contributed by atoms with Crippen LogP contribution in [0.2, 0.25) is 0 Å². The van der Waals surface area contributed by atoms with Crippen molar-refractivity contribution < 1.29 is 9.47 Å². The van der Waals surface area contributed by atoms with Gasteiger partial charge >= 0.3 is 0 Å². The first kappa shape index (κ1) is 16.8. The van der Waals surface area contributed by atoms with Crippen molar-refractivity contribution >= 4 is 34.0 Å². The predicted molar refractivity (Wildman–Crippen MR) is 107 cm³/mol. The number of aromatic nitrogens is 3. The van der Waals surface area contributed by atoms with E-state index >= 15 is 0 Å². The molecule has 0 aliphatic carbocycles. The molecule has 0 fully saturated rings. The second-order valence-corrected chi connectivity index (χ2v) is 6.07. The number of nitrogens with one attached hydrogen (secondary N) is 2. The summed E-state index contributed by atoms with van der Waals surface area (Å²) in [6.45, 7) is 2.06. The number of para-hydroxylation sites is 1. The highest BCUT2D eigenvalue weighted by molar-refractivity contribution is 6.08. The molecule has 136 valence electrons. The van der Waals surface area contributed by atoms with Crippen molar-refractivity contribution in [3.8, 4) is 11.5 Å². The van der Waals surface area contributed by atoms with Crippen molar-refractivity contribution in [2.45, 2.75) is 6.92 Å². The third-order valence-corrected chi connectivity index (χ3v) is 4.34. The van der Waals surface area contributed by atoms with Gasteiger partial charge in [0.2, 0.25) is 0 Å². The Hall–Kier alpha value is -3.61. The maximum atomic E-state index is 5.42. The van der Waals surface area contributed by atoms with Crippen LogP contribution in [0.25, 0.3) is 21.9 Å². The van der Waals surface area contributed by atoms with Crippen LogP contribution in [0.4, 0.5) is 5.82 Å². The van der Waals surface area contributed by atoms with E-state index in [1.165, 1.54) is 11.9 Å². The van der Waals surface area contributed by atoms with Gasteiger partial charge in [-0.05, 0) is 30.7 Å². The van der Waals surface area contributed by atoms with E-state index in [1.54, 1.807) is 20.4 Å². The number of rotatable bonds is 5. The molecule has 2 aromatic heterocycles. The molecule has 0 spiro atoms. The molecule has 2 N–H and O–H groups in total. The van der Waals surface area contributed by atoms with Crippen LogP contribution in [0.3, 0.4) is 0 Å². The number of benzene rings is 2. The van der Waals surface area contributed by atoms with Gasteiger partial charge in [0.1, 0.15) is 17.4 Å². The minimum Gasteiger partial charge on any atom is -0.493 e. The van der Waals surface area contributed by atoms with E-state index in [-0.39, 0.29) is 0 Å². The summed E-state index contributed by atoms with van der Waals surface area (Å²) in [7, 11) is 3.20. The van der Waals surface area contributed by atoms with Crippen LogP contribution in [-0.2, 0) is 0 Å². The first-order valence-electron chi connectivity index (χ1n) is 8.44. The Kier molecular flexibility index (Phi) is 4.33. The lowest BCUT2D eigenvalue weighted by Crippen LogP contribution is -1.98. The molecule has 4 rings (SSSR count). The van der Waals surface area contributed by atoms with Crippen LogP contribution in [0.5, 0.6) is 11.5 Å². The fourth-order valence-corrected chi connectivity index (χ4v) is 3.07. The van der Waals surface area contributed by atoms with E-state index < -0.39 is 0 Å². The van der Waals surface area contributed by atoms with Gasteiger partial charge in [-0.1, -0.05) is 18.2 Å². The van der Waals surface area contributed by atoms with Crippen LogP contribution in [-0.4, -0.2) is 35.4 Å². The average Bonchev–Trinajstić information content (AvgIpc) is 3.06. The van der Waals surface area contributed by atoms with Crippen LogP contribution in [0.15, 0.2) is 47.8 Å². The van der Waals surface area contributed by atoms with Gasteiger partial charge in [0.25, 0.3) is 0 Å². The van der Waals surface area contributed by atoms with Crippen LogP contribution in [0.1, 0.15) is 11.1 Å². The molecule has 0 bridgehead atoms. The average molecular weight is 361 g/mol. The zero-order valence-corrected chi connectivity index (χ0v) is 15.3. The number of hydrogen-bond acceptors (Lipinski definition) is 6. The number of H-pyrrole nitrogens is 1. The van der Waals surface area contributed by atoms with Gasteiger partial charge in [-0.15, -0.1) is 0 Å². The van der Waals surface area contributed by atoms with E-state index in [1.807, 2.05) is 18.2 Å². The summed E-state index contributed by atoms with van der Waals surface area (Å²) >= 11 is 0. The highest BCUT2D eigenvalue weighted by Crippen LogP contribution is 2.30. The monoisotopic (exact) mass is 361 g/mol. The Balaban J connectivity index is 1.68. The van der Waals surface area contributed by atoms with Crippen molar-refractivity contribution in [2.75, 3.05) is 19.6 Å². The molecule has 7 heteroatoms. The van der Waals surface area contributed by atoms with Crippen LogP contribution < -0.4 is 14.9 Å². The number of aromatic amines is 1. The summed E-state index contributed by atoms with van der Waals surface area (Å²) in [5.41, 5.74) is 7.66. The molecule has 7 nitrogen and oxygen atoms in total. The molecule has 0 amide bonds. The number of aryl methyl sites for hydroxylation is 1. The van der Waals surface area contributed by atoms with Gasteiger partial charge in [-0.2, -0.15) is 5.10 Å². The molecule has 0 unspecified atom stereocenters. The summed E-state index contributed by atoms with van der Waals surface area (Å²) in [5.74, 6) is 1.88. The molecule has 2 aromatic carbocycles. The number of ether oxygens (including phenoxy) is 2. The van der Waals surface area contributed by atoms with Crippen LogP contribution >= 0.6 is 0 Å².